The summed E-state index contributed by atoms with van der Waals surface area (Å²) in [7, 11) is 4.46. The summed E-state index contributed by atoms with van der Waals surface area (Å²) in [4.78, 5) is 12.9. The Morgan fingerprint density at radius 1 is 1.21 bits per heavy atom. The van der Waals surface area contributed by atoms with Crippen LogP contribution < -0.4 is 9.47 Å². The third kappa shape index (κ3) is 3.45. The number of nitrogens with zero attached hydrogens (tertiary/aromatic N) is 1. The fraction of sp³-hybridized carbons (Fsp3) is 0.375. The minimum Gasteiger partial charge on any atom is -0.454 e. The molecule has 0 aliphatic carbocycles. The van der Waals surface area contributed by atoms with Crippen molar-refractivity contribution in [3.63, 3.8) is 0 Å². The molecule has 1 unspecified atom stereocenters. The van der Waals surface area contributed by atoms with E-state index >= 15 is 0 Å². The molecule has 0 radical (unpaired) electrons. The number of ketones is 1. The highest BCUT2D eigenvalue weighted by atomic mass is 16.7. The predicted molar refractivity (Wildman–Crippen MR) is 110 cm³/mol. The lowest BCUT2D eigenvalue weighted by Crippen LogP contribution is -2.48. The van der Waals surface area contributed by atoms with Gasteiger partial charge in [-0.3, -0.25) is 4.79 Å². The molecule has 2 heterocycles. The lowest BCUT2D eigenvalue weighted by atomic mass is 9.83. The van der Waals surface area contributed by atoms with Crippen LogP contribution in [0.3, 0.4) is 0 Å². The van der Waals surface area contributed by atoms with E-state index in [1.165, 1.54) is 16.7 Å². The molecule has 0 spiro atoms. The van der Waals surface area contributed by atoms with Gasteiger partial charge in [-0.2, -0.15) is 0 Å². The van der Waals surface area contributed by atoms with Crippen LogP contribution in [0.1, 0.15) is 41.6 Å². The van der Waals surface area contributed by atoms with Gasteiger partial charge in [-0.05, 0) is 29.7 Å². The van der Waals surface area contributed by atoms with Crippen LogP contribution in [0.25, 0.3) is 6.08 Å². The molecule has 2 aliphatic rings. The average molecular weight is 378 g/mol. The van der Waals surface area contributed by atoms with E-state index in [0.29, 0.717) is 6.42 Å². The standard InChI is InChI=1S/C24H28NO3/c1-4-20-23-18(14-22-24(20)28-16-27-22)12-13-25(2,3)21(23)15-19(26)11-10-17-8-6-5-7-9-17/h5-11,14,21H,4,12-13,15-16H2,1-3H3/q+1/b11-10+. The first kappa shape index (κ1) is 18.8. The number of ether oxygens (including phenoxy) is 2. The van der Waals surface area contributed by atoms with Gasteiger partial charge in [-0.15, -0.1) is 0 Å². The van der Waals surface area contributed by atoms with Crippen LogP contribution in [0.4, 0.5) is 0 Å². The normalized spacial score (nSPS) is 19.6. The maximum atomic E-state index is 12.9. The Labute approximate surface area is 167 Å². The molecule has 0 saturated heterocycles. The van der Waals surface area contributed by atoms with Gasteiger partial charge in [-0.25, -0.2) is 0 Å². The van der Waals surface area contributed by atoms with E-state index in [1.807, 2.05) is 36.4 Å². The monoisotopic (exact) mass is 378 g/mol. The van der Waals surface area contributed by atoms with E-state index in [0.717, 1.165) is 40.9 Å². The summed E-state index contributed by atoms with van der Waals surface area (Å²) in [5, 5.41) is 0. The van der Waals surface area contributed by atoms with Crippen LogP contribution in [-0.2, 0) is 17.6 Å². The topological polar surface area (TPSA) is 35.5 Å². The Morgan fingerprint density at radius 3 is 2.75 bits per heavy atom. The number of likely N-dealkylation sites (N-methyl/N-ethyl adjacent to an activating group) is 1. The van der Waals surface area contributed by atoms with Gasteiger partial charge in [0.05, 0.1) is 27.1 Å². The number of rotatable bonds is 5. The first-order valence-corrected chi connectivity index (χ1v) is 10.0. The Morgan fingerprint density at radius 2 is 2.00 bits per heavy atom. The maximum absolute atomic E-state index is 12.9. The summed E-state index contributed by atoms with van der Waals surface area (Å²) < 4.78 is 12.3. The van der Waals surface area contributed by atoms with E-state index in [1.54, 1.807) is 6.08 Å². The van der Waals surface area contributed by atoms with Crippen LogP contribution >= 0.6 is 0 Å². The smallest absolute Gasteiger partial charge is 0.231 e. The highest BCUT2D eigenvalue weighted by molar-refractivity contribution is 5.94. The number of benzene rings is 2. The fourth-order valence-corrected chi connectivity index (χ4v) is 4.43. The third-order valence-electron chi connectivity index (χ3n) is 6.04. The average Bonchev–Trinajstić information content (AvgIpc) is 3.16. The molecule has 0 amide bonds. The van der Waals surface area contributed by atoms with Crippen molar-refractivity contribution in [1.29, 1.82) is 0 Å². The molecule has 4 nitrogen and oxygen atoms in total. The van der Waals surface area contributed by atoms with Gasteiger partial charge in [0, 0.05) is 17.5 Å². The van der Waals surface area contributed by atoms with E-state index in [2.05, 4.69) is 27.1 Å². The van der Waals surface area contributed by atoms with E-state index in [4.69, 9.17) is 9.47 Å². The van der Waals surface area contributed by atoms with E-state index in [-0.39, 0.29) is 18.6 Å². The molecule has 1 atom stereocenters. The number of hydrogen-bond donors (Lipinski definition) is 0. The van der Waals surface area contributed by atoms with Crippen molar-refractivity contribution in [3.8, 4) is 11.5 Å². The van der Waals surface area contributed by atoms with Crippen molar-refractivity contribution >= 4 is 11.9 Å². The fourth-order valence-electron chi connectivity index (χ4n) is 4.43. The van der Waals surface area contributed by atoms with Gasteiger partial charge < -0.3 is 14.0 Å². The molecule has 2 aromatic carbocycles. The summed E-state index contributed by atoms with van der Waals surface area (Å²) in [6.07, 6.45) is 6.00. The van der Waals surface area contributed by atoms with Crippen molar-refractivity contribution in [2.45, 2.75) is 32.2 Å². The molecule has 0 aromatic heterocycles. The second-order valence-electron chi connectivity index (χ2n) is 8.20. The molecule has 2 aliphatic heterocycles. The number of hydrogen-bond acceptors (Lipinski definition) is 3. The highest BCUT2D eigenvalue weighted by Gasteiger charge is 2.40. The molecule has 0 fully saturated rings. The van der Waals surface area contributed by atoms with Gasteiger partial charge in [0.1, 0.15) is 6.04 Å². The Kier molecular flexibility index (Phi) is 4.98. The van der Waals surface area contributed by atoms with Gasteiger partial charge in [-0.1, -0.05) is 43.3 Å². The Bertz CT molecular complexity index is 915. The SMILES string of the molecule is CCc1c2c(cc3c1C(CC(=O)/C=C/c1ccccc1)[N+](C)(C)CC3)OCO2. The van der Waals surface area contributed by atoms with Crippen LogP contribution in [0.5, 0.6) is 11.5 Å². The number of allylic oxidation sites excluding steroid dienone is 1. The molecule has 4 rings (SSSR count). The first-order valence-electron chi connectivity index (χ1n) is 10.0. The Hall–Kier alpha value is -2.59. The van der Waals surface area contributed by atoms with E-state index in [9.17, 15) is 4.79 Å². The number of quaternary nitrogens is 1. The number of carbonyl (C=O) groups is 1. The van der Waals surface area contributed by atoms with Crippen molar-refractivity contribution in [2.24, 2.45) is 0 Å². The quantitative estimate of drug-likeness (QED) is 0.574. The molecule has 2 aromatic rings. The maximum Gasteiger partial charge on any atom is 0.231 e. The van der Waals surface area contributed by atoms with Crippen LogP contribution in [0.15, 0.2) is 42.5 Å². The zero-order valence-electron chi connectivity index (χ0n) is 16.9. The lowest BCUT2D eigenvalue weighted by Gasteiger charge is -2.43. The lowest BCUT2D eigenvalue weighted by molar-refractivity contribution is -0.922. The van der Waals surface area contributed by atoms with Crippen molar-refractivity contribution in [3.05, 3.63) is 64.7 Å². The summed E-state index contributed by atoms with van der Waals surface area (Å²) in [5.74, 6) is 1.89. The van der Waals surface area contributed by atoms with Crippen molar-refractivity contribution in [1.82, 2.24) is 0 Å². The number of fused-ring (bicyclic) bond motifs is 2. The second kappa shape index (κ2) is 7.44. The van der Waals surface area contributed by atoms with Gasteiger partial charge >= 0.3 is 0 Å². The zero-order valence-corrected chi connectivity index (χ0v) is 16.9. The van der Waals surface area contributed by atoms with Crippen molar-refractivity contribution in [2.75, 3.05) is 27.4 Å². The minimum absolute atomic E-state index is 0.126. The number of carbonyl (C=O) groups excluding carboxylic acids is 1. The summed E-state index contributed by atoms with van der Waals surface area (Å²) >= 11 is 0. The van der Waals surface area contributed by atoms with E-state index < -0.39 is 0 Å². The molecule has 0 bridgehead atoms. The highest BCUT2D eigenvalue weighted by Crippen LogP contribution is 2.47. The molecule has 0 saturated carbocycles. The molecule has 146 valence electrons. The largest absolute Gasteiger partial charge is 0.454 e. The van der Waals surface area contributed by atoms with Crippen molar-refractivity contribution < 1.29 is 18.8 Å². The van der Waals surface area contributed by atoms with Crippen LogP contribution in [0.2, 0.25) is 0 Å². The summed E-state index contributed by atoms with van der Waals surface area (Å²) in [6, 6.07) is 12.2. The zero-order chi connectivity index (χ0) is 19.7. The molecule has 0 N–H and O–H groups in total. The molecule has 28 heavy (non-hydrogen) atoms. The third-order valence-corrected chi connectivity index (χ3v) is 6.04. The summed E-state index contributed by atoms with van der Waals surface area (Å²) in [5.41, 5.74) is 4.86. The predicted octanol–water partition coefficient (Wildman–Crippen LogP) is 4.32. The molecular weight excluding hydrogens is 350 g/mol. The van der Waals surface area contributed by atoms with Gasteiger partial charge in [0.25, 0.3) is 0 Å². The van der Waals surface area contributed by atoms with Gasteiger partial charge in [0.2, 0.25) is 6.79 Å². The van der Waals surface area contributed by atoms with Crippen LogP contribution in [0, 0.1) is 0 Å². The van der Waals surface area contributed by atoms with Crippen LogP contribution in [-0.4, -0.2) is 37.7 Å². The second-order valence-corrected chi connectivity index (χ2v) is 8.20. The summed E-state index contributed by atoms with van der Waals surface area (Å²) in [6.45, 7) is 3.45. The minimum atomic E-state index is 0.126. The first-order chi connectivity index (χ1) is 13.5. The molecular formula is C24H28NO3+. The van der Waals surface area contributed by atoms with Gasteiger partial charge in [0.15, 0.2) is 17.3 Å². The molecule has 4 heteroatoms. The Balaban J connectivity index is 1.67.